The van der Waals surface area contributed by atoms with Crippen molar-refractivity contribution in [2.24, 2.45) is 0 Å². The van der Waals surface area contributed by atoms with Crippen molar-refractivity contribution in [1.82, 2.24) is 29.8 Å². The number of thiazole rings is 1. The maximum atomic E-state index is 13.3. The average molecular weight is 464 g/mol. The van der Waals surface area contributed by atoms with Gasteiger partial charge in [0.25, 0.3) is 5.91 Å². The number of anilines is 4. The molecule has 4 aromatic rings. The van der Waals surface area contributed by atoms with Crippen LogP contribution in [0.2, 0.25) is 0 Å². The number of carbonyl (C=O) groups is 1. The number of carbonyl (C=O) groups excluding carboxylic acids is 1. The quantitative estimate of drug-likeness (QED) is 0.398. The van der Waals surface area contributed by atoms with Gasteiger partial charge in [-0.1, -0.05) is 0 Å². The lowest BCUT2D eigenvalue weighted by Crippen LogP contribution is -2.51. The fraction of sp³-hybridized carbons (Fsp3) is 0.409. The first-order chi connectivity index (χ1) is 16.0. The Kier molecular flexibility index (Phi) is 4.61. The van der Waals surface area contributed by atoms with Crippen molar-refractivity contribution < 1.29 is 4.79 Å². The summed E-state index contributed by atoms with van der Waals surface area (Å²) in [4.78, 5) is 25.5. The molecule has 2 aliphatic rings. The highest BCUT2D eigenvalue weighted by atomic mass is 32.1. The second-order valence-electron chi connectivity index (χ2n) is 8.97. The minimum absolute atomic E-state index is 0.0959. The zero-order valence-electron chi connectivity index (χ0n) is 18.5. The van der Waals surface area contributed by atoms with Crippen LogP contribution in [0.3, 0.4) is 0 Å². The van der Waals surface area contributed by atoms with Crippen molar-refractivity contribution in [3.63, 3.8) is 0 Å². The zero-order chi connectivity index (χ0) is 22.6. The van der Waals surface area contributed by atoms with Crippen LogP contribution in [0.4, 0.5) is 22.7 Å². The largest absolute Gasteiger partial charge is 0.325 e. The van der Waals surface area contributed by atoms with E-state index >= 15 is 0 Å². The predicted molar refractivity (Wildman–Crippen MR) is 127 cm³/mol. The van der Waals surface area contributed by atoms with Crippen LogP contribution in [-0.2, 0) is 4.79 Å². The van der Waals surface area contributed by atoms with Crippen molar-refractivity contribution in [3.8, 4) is 0 Å². The Balaban J connectivity index is 1.32. The standard InChI is InChI=1S/C22H25N9OS/c1-13-12-23-21(33-13)26-19(32)22(2)8-4-9-30(22)20-25-18(16-5-3-10-31(16)29-20)24-17-11-15(27-28-17)14-6-7-14/h3,5,10-12,14H,4,6-9H2,1-2H3,(H,23,26,32)(H2,24,25,27,28,29)/t22-/m0/s1. The third-order valence-corrected chi connectivity index (χ3v) is 7.28. The predicted octanol–water partition coefficient (Wildman–Crippen LogP) is 3.84. The Morgan fingerprint density at radius 3 is 3.03 bits per heavy atom. The van der Waals surface area contributed by atoms with E-state index in [4.69, 9.17) is 10.1 Å². The van der Waals surface area contributed by atoms with Crippen molar-refractivity contribution in [1.29, 1.82) is 0 Å². The summed E-state index contributed by atoms with van der Waals surface area (Å²) in [5.74, 6) is 2.38. The van der Waals surface area contributed by atoms with Crippen LogP contribution < -0.4 is 15.5 Å². The SMILES string of the molecule is Cc1cnc(NC(=O)[C@]2(C)CCCN2c2nc(Nc3cc(C4CC4)[nH]n3)c3cccn3n2)s1. The van der Waals surface area contributed by atoms with Gasteiger partial charge in [0.05, 0.1) is 0 Å². The maximum Gasteiger partial charge on any atom is 0.251 e. The monoisotopic (exact) mass is 463 g/mol. The molecule has 10 nitrogen and oxygen atoms in total. The number of rotatable bonds is 6. The van der Waals surface area contributed by atoms with E-state index in [-0.39, 0.29) is 5.91 Å². The first-order valence-electron chi connectivity index (χ1n) is 11.2. The van der Waals surface area contributed by atoms with Crippen molar-refractivity contribution in [2.75, 3.05) is 22.1 Å². The molecule has 1 atom stereocenters. The van der Waals surface area contributed by atoms with Gasteiger partial charge >= 0.3 is 0 Å². The molecule has 1 saturated carbocycles. The fourth-order valence-electron chi connectivity index (χ4n) is 4.42. The summed E-state index contributed by atoms with van der Waals surface area (Å²) < 4.78 is 1.79. The maximum absolute atomic E-state index is 13.3. The van der Waals surface area contributed by atoms with Crippen LogP contribution in [0.25, 0.3) is 5.52 Å². The Labute approximate surface area is 194 Å². The summed E-state index contributed by atoms with van der Waals surface area (Å²) >= 11 is 1.47. The Hall–Kier alpha value is -3.47. The molecule has 0 bridgehead atoms. The molecule has 0 spiro atoms. The molecular formula is C22H25N9OS. The van der Waals surface area contributed by atoms with E-state index in [2.05, 4.69) is 25.8 Å². The van der Waals surface area contributed by atoms with Gasteiger partial charge in [-0.25, -0.2) is 9.50 Å². The molecule has 0 aromatic carbocycles. The Morgan fingerprint density at radius 1 is 1.36 bits per heavy atom. The zero-order valence-corrected chi connectivity index (χ0v) is 19.3. The minimum atomic E-state index is -0.775. The van der Waals surface area contributed by atoms with Gasteiger partial charge in [0.2, 0.25) is 5.95 Å². The highest BCUT2D eigenvalue weighted by Crippen LogP contribution is 2.40. The van der Waals surface area contributed by atoms with E-state index in [0.29, 0.717) is 35.8 Å². The van der Waals surface area contributed by atoms with Gasteiger partial charge < -0.3 is 10.2 Å². The van der Waals surface area contributed by atoms with Crippen LogP contribution in [0.15, 0.2) is 30.6 Å². The van der Waals surface area contributed by atoms with E-state index in [9.17, 15) is 4.79 Å². The molecule has 1 aliphatic heterocycles. The first-order valence-corrected chi connectivity index (χ1v) is 12.0. The third kappa shape index (κ3) is 3.62. The molecule has 0 radical (unpaired) electrons. The van der Waals surface area contributed by atoms with Crippen molar-refractivity contribution >= 4 is 45.5 Å². The summed E-state index contributed by atoms with van der Waals surface area (Å²) in [6, 6.07) is 5.93. The lowest BCUT2D eigenvalue weighted by atomic mass is 9.98. The van der Waals surface area contributed by atoms with Crippen LogP contribution in [0.1, 0.15) is 49.1 Å². The molecule has 1 saturated heterocycles. The van der Waals surface area contributed by atoms with Gasteiger partial charge in [0.15, 0.2) is 16.8 Å². The summed E-state index contributed by atoms with van der Waals surface area (Å²) in [5.41, 5.74) is 1.22. The molecule has 3 N–H and O–H groups in total. The average Bonchev–Trinajstić information content (AvgIpc) is 3.17. The second-order valence-corrected chi connectivity index (χ2v) is 10.2. The van der Waals surface area contributed by atoms with E-state index < -0.39 is 5.54 Å². The van der Waals surface area contributed by atoms with Gasteiger partial charge in [-0.05, 0) is 51.7 Å². The number of nitrogens with zero attached hydrogens (tertiary/aromatic N) is 6. The molecule has 33 heavy (non-hydrogen) atoms. The van der Waals surface area contributed by atoms with E-state index in [0.717, 1.165) is 28.3 Å². The fourth-order valence-corrected chi connectivity index (χ4v) is 5.08. The van der Waals surface area contributed by atoms with Crippen LogP contribution >= 0.6 is 11.3 Å². The molecule has 1 aliphatic carbocycles. The number of aryl methyl sites for hydroxylation is 1. The van der Waals surface area contributed by atoms with Gasteiger partial charge in [-0.3, -0.25) is 15.2 Å². The number of fused-ring (bicyclic) bond motifs is 1. The molecule has 170 valence electrons. The van der Waals surface area contributed by atoms with E-state index in [1.54, 1.807) is 10.7 Å². The summed E-state index contributed by atoms with van der Waals surface area (Å²) in [7, 11) is 0. The van der Waals surface area contributed by atoms with E-state index in [1.807, 2.05) is 43.1 Å². The molecule has 4 aromatic heterocycles. The molecular weight excluding hydrogens is 438 g/mol. The van der Waals surface area contributed by atoms with Crippen LogP contribution in [0.5, 0.6) is 0 Å². The first kappa shape index (κ1) is 20.2. The van der Waals surface area contributed by atoms with Crippen molar-refractivity contribution in [2.45, 2.75) is 51.0 Å². The highest BCUT2D eigenvalue weighted by molar-refractivity contribution is 7.15. The normalized spacial score (nSPS) is 20.5. The second kappa shape index (κ2) is 7.55. The molecule has 0 unspecified atom stereocenters. The topological polar surface area (TPSA) is 116 Å². The number of hydrogen-bond acceptors (Lipinski definition) is 8. The van der Waals surface area contributed by atoms with Crippen LogP contribution in [0, 0.1) is 6.92 Å². The lowest BCUT2D eigenvalue weighted by Gasteiger charge is -2.33. The summed E-state index contributed by atoms with van der Waals surface area (Å²) in [6.07, 6.45) is 7.65. The third-order valence-electron chi connectivity index (χ3n) is 6.45. The Bertz CT molecular complexity index is 1340. The highest BCUT2D eigenvalue weighted by Gasteiger charge is 2.45. The van der Waals surface area contributed by atoms with E-state index in [1.165, 1.54) is 24.2 Å². The summed E-state index contributed by atoms with van der Waals surface area (Å²) in [5, 5.41) is 19.2. The minimum Gasteiger partial charge on any atom is -0.325 e. The lowest BCUT2D eigenvalue weighted by molar-refractivity contribution is -0.120. The molecule has 2 fully saturated rings. The number of aromatic amines is 1. The van der Waals surface area contributed by atoms with Gasteiger partial charge in [0, 0.05) is 41.5 Å². The molecule has 1 amide bonds. The number of nitrogens with one attached hydrogen (secondary N) is 3. The summed E-state index contributed by atoms with van der Waals surface area (Å²) in [6.45, 7) is 4.61. The molecule has 11 heteroatoms. The number of H-pyrrole nitrogens is 1. The van der Waals surface area contributed by atoms with Gasteiger partial charge in [0.1, 0.15) is 11.1 Å². The number of amides is 1. The van der Waals surface area contributed by atoms with Crippen molar-refractivity contribution in [3.05, 3.63) is 41.2 Å². The smallest absolute Gasteiger partial charge is 0.251 e. The molecule has 6 rings (SSSR count). The van der Waals surface area contributed by atoms with Gasteiger partial charge in [-0.15, -0.1) is 16.4 Å². The number of hydrogen-bond donors (Lipinski definition) is 3. The molecule has 5 heterocycles. The number of aromatic nitrogens is 6. The van der Waals surface area contributed by atoms with Crippen LogP contribution in [-0.4, -0.2) is 47.8 Å². The Morgan fingerprint density at radius 2 is 2.24 bits per heavy atom. The van der Waals surface area contributed by atoms with Gasteiger partial charge in [-0.2, -0.15) is 10.1 Å².